The number of hydrogen-bond donors (Lipinski definition) is 2. The first-order valence-corrected chi connectivity index (χ1v) is 7.05. The molecular weight excluding hydrogens is 228 g/mol. The Labute approximate surface area is 111 Å². The van der Waals surface area contributed by atoms with E-state index in [2.05, 4.69) is 5.32 Å². The molecule has 1 saturated carbocycles. The van der Waals surface area contributed by atoms with Crippen LogP contribution in [-0.2, 0) is 4.79 Å². The molecule has 1 unspecified atom stereocenters. The van der Waals surface area contributed by atoms with Crippen molar-refractivity contribution in [1.82, 2.24) is 10.2 Å². The first-order chi connectivity index (χ1) is 8.41. The van der Waals surface area contributed by atoms with E-state index in [4.69, 9.17) is 0 Å². The van der Waals surface area contributed by atoms with Crippen LogP contribution in [0.3, 0.4) is 0 Å². The molecule has 0 aromatic carbocycles. The molecule has 1 fully saturated rings. The number of aliphatic hydroxyl groups is 1. The van der Waals surface area contributed by atoms with Crippen molar-refractivity contribution < 1.29 is 9.90 Å². The lowest BCUT2D eigenvalue weighted by Gasteiger charge is -2.28. The molecule has 0 heterocycles. The Bertz CT molecular complexity index is 257. The first kappa shape index (κ1) is 15.4. The van der Waals surface area contributed by atoms with E-state index in [0.717, 1.165) is 25.7 Å². The van der Waals surface area contributed by atoms with Gasteiger partial charge in [0.2, 0.25) is 5.91 Å². The summed E-state index contributed by atoms with van der Waals surface area (Å²) in [6, 6.07) is 0. The SMILES string of the molecule is CN(C)CC(C)(O)CNC(=O)C1CCCCCC1. The van der Waals surface area contributed by atoms with Crippen LogP contribution >= 0.6 is 0 Å². The van der Waals surface area contributed by atoms with Crippen LogP contribution in [0.25, 0.3) is 0 Å². The largest absolute Gasteiger partial charge is 0.387 e. The highest BCUT2D eigenvalue weighted by atomic mass is 16.3. The summed E-state index contributed by atoms with van der Waals surface area (Å²) in [6.07, 6.45) is 6.83. The van der Waals surface area contributed by atoms with Gasteiger partial charge in [0, 0.05) is 19.0 Å². The number of amides is 1. The summed E-state index contributed by atoms with van der Waals surface area (Å²) in [5, 5.41) is 13.0. The van der Waals surface area contributed by atoms with Gasteiger partial charge >= 0.3 is 0 Å². The van der Waals surface area contributed by atoms with Gasteiger partial charge in [0.1, 0.15) is 0 Å². The van der Waals surface area contributed by atoms with Gasteiger partial charge in [-0.05, 0) is 33.9 Å². The maximum absolute atomic E-state index is 12.0. The molecule has 1 amide bonds. The molecule has 18 heavy (non-hydrogen) atoms. The van der Waals surface area contributed by atoms with Crippen LogP contribution in [0, 0.1) is 5.92 Å². The zero-order chi connectivity index (χ0) is 13.6. The maximum Gasteiger partial charge on any atom is 0.223 e. The predicted octanol–water partition coefficient (Wildman–Crippen LogP) is 1.39. The second-order valence-corrected chi connectivity index (χ2v) is 6.14. The highest BCUT2D eigenvalue weighted by Crippen LogP contribution is 2.22. The fraction of sp³-hybridized carbons (Fsp3) is 0.929. The Morgan fingerprint density at radius 2 is 1.83 bits per heavy atom. The van der Waals surface area contributed by atoms with Gasteiger partial charge in [-0.2, -0.15) is 0 Å². The van der Waals surface area contributed by atoms with Gasteiger partial charge in [-0.15, -0.1) is 0 Å². The van der Waals surface area contributed by atoms with Gasteiger partial charge in [-0.3, -0.25) is 4.79 Å². The minimum absolute atomic E-state index is 0.121. The highest BCUT2D eigenvalue weighted by Gasteiger charge is 2.25. The van der Waals surface area contributed by atoms with E-state index in [0.29, 0.717) is 13.1 Å². The molecule has 4 nitrogen and oxygen atoms in total. The lowest BCUT2D eigenvalue weighted by atomic mass is 9.98. The zero-order valence-electron chi connectivity index (χ0n) is 12.0. The van der Waals surface area contributed by atoms with Crippen molar-refractivity contribution in [1.29, 1.82) is 0 Å². The average molecular weight is 256 g/mol. The lowest BCUT2D eigenvalue weighted by molar-refractivity contribution is -0.126. The number of likely N-dealkylation sites (N-methyl/N-ethyl adjacent to an activating group) is 1. The second-order valence-electron chi connectivity index (χ2n) is 6.14. The van der Waals surface area contributed by atoms with Crippen molar-refractivity contribution in [3.63, 3.8) is 0 Å². The fourth-order valence-corrected chi connectivity index (χ4v) is 2.70. The van der Waals surface area contributed by atoms with E-state index in [1.54, 1.807) is 6.92 Å². The number of carbonyl (C=O) groups excluding carboxylic acids is 1. The van der Waals surface area contributed by atoms with Crippen molar-refractivity contribution in [2.75, 3.05) is 27.2 Å². The third-order valence-corrected chi connectivity index (χ3v) is 3.53. The van der Waals surface area contributed by atoms with E-state index in [1.165, 1.54) is 12.8 Å². The van der Waals surface area contributed by atoms with E-state index in [-0.39, 0.29) is 11.8 Å². The van der Waals surface area contributed by atoms with Crippen molar-refractivity contribution in [2.45, 2.75) is 51.0 Å². The Hall–Kier alpha value is -0.610. The van der Waals surface area contributed by atoms with Crippen LogP contribution in [0.1, 0.15) is 45.4 Å². The molecule has 1 rings (SSSR count). The molecule has 0 aromatic rings. The number of nitrogens with zero attached hydrogens (tertiary/aromatic N) is 1. The van der Waals surface area contributed by atoms with Gasteiger partial charge in [-0.1, -0.05) is 25.7 Å². The first-order valence-electron chi connectivity index (χ1n) is 7.05. The van der Waals surface area contributed by atoms with Gasteiger partial charge in [0.05, 0.1) is 5.60 Å². The lowest BCUT2D eigenvalue weighted by Crippen LogP contribution is -2.48. The fourth-order valence-electron chi connectivity index (χ4n) is 2.70. The van der Waals surface area contributed by atoms with Gasteiger partial charge in [-0.25, -0.2) is 0 Å². The summed E-state index contributed by atoms with van der Waals surface area (Å²) < 4.78 is 0. The predicted molar refractivity (Wildman–Crippen MR) is 73.4 cm³/mol. The second kappa shape index (κ2) is 7.10. The van der Waals surface area contributed by atoms with E-state index in [1.807, 2.05) is 19.0 Å². The Morgan fingerprint density at radius 3 is 2.33 bits per heavy atom. The molecule has 0 bridgehead atoms. The Kier molecular flexibility index (Phi) is 6.09. The van der Waals surface area contributed by atoms with Crippen LogP contribution in [0.4, 0.5) is 0 Å². The molecule has 106 valence electrons. The van der Waals surface area contributed by atoms with Crippen molar-refractivity contribution in [2.24, 2.45) is 5.92 Å². The van der Waals surface area contributed by atoms with Crippen LogP contribution in [0.15, 0.2) is 0 Å². The molecular formula is C14H28N2O2. The zero-order valence-corrected chi connectivity index (χ0v) is 12.0. The summed E-state index contributed by atoms with van der Waals surface area (Å²) >= 11 is 0. The third kappa shape index (κ3) is 5.83. The van der Waals surface area contributed by atoms with Crippen LogP contribution in [0.5, 0.6) is 0 Å². The molecule has 0 aliphatic heterocycles. The topological polar surface area (TPSA) is 52.6 Å². The summed E-state index contributed by atoms with van der Waals surface area (Å²) in [5.41, 5.74) is -0.857. The van der Waals surface area contributed by atoms with Crippen molar-refractivity contribution in [3.05, 3.63) is 0 Å². The van der Waals surface area contributed by atoms with Gasteiger partial charge in [0.15, 0.2) is 0 Å². The molecule has 4 heteroatoms. The van der Waals surface area contributed by atoms with Gasteiger partial charge < -0.3 is 15.3 Å². The molecule has 0 aromatic heterocycles. The molecule has 1 aliphatic carbocycles. The normalized spacial score (nSPS) is 21.4. The molecule has 0 saturated heterocycles. The summed E-state index contributed by atoms with van der Waals surface area (Å²) in [6.45, 7) is 2.65. The number of rotatable bonds is 5. The third-order valence-electron chi connectivity index (χ3n) is 3.53. The highest BCUT2D eigenvalue weighted by molar-refractivity contribution is 5.78. The number of carbonyl (C=O) groups is 1. The smallest absolute Gasteiger partial charge is 0.223 e. The standard InChI is InChI=1S/C14H28N2O2/c1-14(18,11-16(2)3)10-15-13(17)12-8-6-4-5-7-9-12/h12,18H,4-11H2,1-3H3,(H,15,17). The maximum atomic E-state index is 12.0. The average Bonchev–Trinajstić information content (AvgIpc) is 2.52. The minimum atomic E-state index is -0.857. The summed E-state index contributed by atoms with van der Waals surface area (Å²) in [4.78, 5) is 14.0. The van der Waals surface area contributed by atoms with Gasteiger partial charge in [0.25, 0.3) is 0 Å². The molecule has 1 atom stereocenters. The molecule has 1 aliphatic rings. The van der Waals surface area contributed by atoms with E-state index >= 15 is 0 Å². The van der Waals surface area contributed by atoms with E-state index < -0.39 is 5.60 Å². The summed E-state index contributed by atoms with van der Waals surface area (Å²) in [7, 11) is 3.84. The Morgan fingerprint density at radius 1 is 1.28 bits per heavy atom. The van der Waals surface area contributed by atoms with E-state index in [9.17, 15) is 9.90 Å². The Balaban J connectivity index is 2.35. The minimum Gasteiger partial charge on any atom is -0.387 e. The molecule has 0 spiro atoms. The monoisotopic (exact) mass is 256 g/mol. The molecule has 2 N–H and O–H groups in total. The van der Waals surface area contributed by atoms with Crippen LogP contribution in [-0.4, -0.2) is 48.7 Å². The molecule has 0 radical (unpaired) electrons. The summed E-state index contributed by atoms with van der Waals surface area (Å²) in [5.74, 6) is 0.276. The van der Waals surface area contributed by atoms with Crippen LogP contribution in [0.2, 0.25) is 0 Å². The van der Waals surface area contributed by atoms with Crippen molar-refractivity contribution >= 4 is 5.91 Å². The van der Waals surface area contributed by atoms with Crippen molar-refractivity contribution in [3.8, 4) is 0 Å². The van der Waals surface area contributed by atoms with Crippen LogP contribution < -0.4 is 5.32 Å². The quantitative estimate of drug-likeness (QED) is 0.731. The number of hydrogen-bond acceptors (Lipinski definition) is 3. The number of nitrogens with one attached hydrogen (secondary N) is 1.